The highest BCUT2D eigenvalue weighted by molar-refractivity contribution is 9.10. The Kier molecular flexibility index (Phi) is 4.64. The Hall–Kier alpha value is -2.28. The van der Waals surface area contributed by atoms with Gasteiger partial charge in [0.1, 0.15) is 5.69 Å². The van der Waals surface area contributed by atoms with Gasteiger partial charge in [0.2, 0.25) is 0 Å². The first-order chi connectivity index (χ1) is 9.99. The number of aryl methyl sites for hydroxylation is 1. The van der Waals surface area contributed by atoms with Gasteiger partial charge in [0, 0.05) is 29.1 Å². The van der Waals surface area contributed by atoms with Gasteiger partial charge in [-0.1, -0.05) is 0 Å². The number of carbonyl (C=O) groups excluding carboxylic acids is 2. The number of carbonyl (C=O) groups is 2. The van der Waals surface area contributed by atoms with Gasteiger partial charge in [0.05, 0.1) is 7.11 Å². The zero-order chi connectivity index (χ0) is 15.4. The van der Waals surface area contributed by atoms with E-state index in [0.29, 0.717) is 17.1 Å². The summed E-state index contributed by atoms with van der Waals surface area (Å²) in [5.74, 6) is -0.211. The Morgan fingerprint density at radius 2 is 1.71 bits per heavy atom. The third-order valence-electron chi connectivity index (χ3n) is 2.78. The number of anilines is 2. The van der Waals surface area contributed by atoms with Gasteiger partial charge in [-0.05, 0) is 46.3 Å². The molecule has 2 rings (SSSR count). The van der Waals surface area contributed by atoms with Gasteiger partial charge in [-0.15, -0.1) is 0 Å². The zero-order valence-corrected chi connectivity index (χ0v) is 13.1. The van der Waals surface area contributed by atoms with Crippen LogP contribution in [0.2, 0.25) is 0 Å². The van der Waals surface area contributed by atoms with Gasteiger partial charge in [0.25, 0.3) is 5.91 Å². The number of hydrogen-bond donors (Lipinski definition) is 2. The first-order valence-electron chi connectivity index (χ1n) is 6.08. The van der Waals surface area contributed by atoms with Gasteiger partial charge in [-0.2, -0.15) is 0 Å². The molecule has 0 fully saturated rings. The molecule has 2 amide bonds. The fourth-order valence-electron chi connectivity index (χ4n) is 1.75. The molecule has 0 radical (unpaired) electrons. The van der Waals surface area contributed by atoms with Crippen molar-refractivity contribution in [1.29, 1.82) is 0 Å². The van der Waals surface area contributed by atoms with Crippen molar-refractivity contribution in [1.82, 2.24) is 4.57 Å². The van der Waals surface area contributed by atoms with Crippen LogP contribution in [0.5, 0.6) is 0 Å². The van der Waals surface area contributed by atoms with Crippen LogP contribution in [0.15, 0.2) is 41.0 Å². The maximum atomic E-state index is 12.1. The van der Waals surface area contributed by atoms with E-state index < -0.39 is 6.09 Å². The molecule has 0 spiro atoms. The van der Waals surface area contributed by atoms with Crippen molar-refractivity contribution >= 4 is 39.3 Å². The van der Waals surface area contributed by atoms with Gasteiger partial charge >= 0.3 is 6.09 Å². The number of amides is 2. The van der Waals surface area contributed by atoms with Crippen LogP contribution in [-0.4, -0.2) is 23.7 Å². The van der Waals surface area contributed by atoms with Crippen molar-refractivity contribution in [2.75, 3.05) is 17.7 Å². The standard InChI is InChI=1S/C14H14BrN3O3/c1-18-8-9(15)7-12(18)13(19)16-10-3-5-11(6-4-10)17-14(20)21-2/h3-8H,1-2H3,(H,16,19)(H,17,20). The largest absolute Gasteiger partial charge is 0.453 e. The molecule has 1 heterocycles. The summed E-state index contributed by atoms with van der Waals surface area (Å²) in [5, 5.41) is 5.31. The third kappa shape index (κ3) is 3.85. The normalized spacial score (nSPS) is 10.0. The summed E-state index contributed by atoms with van der Waals surface area (Å²) in [7, 11) is 3.09. The lowest BCUT2D eigenvalue weighted by molar-refractivity contribution is 0.101. The first-order valence-corrected chi connectivity index (χ1v) is 6.87. The van der Waals surface area contributed by atoms with E-state index in [1.165, 1.54) is 7.11 Å². The minimum atomic E-state index is -0.541. The highest BCUT2D eigenvalue weighted by Gasteiger charge is 2.11. The SMILES string of the molecule is COC(=O)Nc1ccc(NC(=O)c2cc(Br)cn2C)cc1. The molecule has 7 heteroatoms. The molecule has 0 aliphatic rings. The van der Waals surface area contributed by atoms with Crippen LogP contribution in [0.25, 0.3) is 0 Å². The molecule has 0 aliphatic heterocycles. The minimum Gasteiger partial charge on any atom is -0.453 e. The summed E-state index contributed by atoms with van der Waals surface area (Å²) in [6, 6.07) is 8.48. The number of ether oxygens (including phenoxy) is 1. The summed E-state index contributed by atoms with van der Waals surface area (Å²) < 4.78 is 7.06. The van der Waals surface area contributed by atoms with Crippen LogP contribution in [0.4, 0.5) is 16.2 Å². The molecule has 110 valence electrons. The Morgan fingerprint density at radius 3 is 2.19 bits per heavy atom. The van der Waals surface area contributed by atoms with Crippen molar-refractivity contribution in [3.05, 3.63) is 46.7 Å². The molecule has 0 atom stereocenters. The average Bonchev–Trinajstić information content (AvgIpc) is 2.80. The zero-order valence-electron chi connectivity index (χ0n) is 11.5. The number of rotatable bonds is 3. The summed E-state index contributed by atoms with van der Waals surface area (Å²) >= 11 is 3.32. The van der Waals surface area contributed by atoms with Crippen LogP contribution < -0.4 is 10.6 Å². The molecule has 0 saturated carbocycles. The number of methoxy groups -OCH3 is 1. The quantitative estimate of drug-likeness (QED) is 0.891. The number of nitrogens with one attached hydrogen (secondary N) is 2. The van der Waals surface area contributed by atoms with Crippen molar-refractivity contribution in [2.45, 2.75) is 0 Å². The van der Waals surface area contributed by atoms with Crippen molar-refractivity contribution in [3.63, 3.8) is 0 Å². The molecule has 6 nitrogen and oxygen atoms in total. The van der Waals surface area contributed by atoms with E-state index in [2.05, 4.69) is 31.3 Å². The molecule has 0 unspecified atom stereocenters. The monoisotopic (exact) mass is 351 g/mol. The van der Waals surface area contributed by atoms with E-state index in [1.807, 2.05) is 0 Å². The lowest BCUT2D eigenvalue weighted by atomic mass is 10.2. The molecule has 0 saturated heterocycles. The highest BCUT2D eigenvalue weighted by atomic mass is 79.9. The highest BCUT2D eigenvalue weighted by Crippen LogP contribution is 2.17. The van der Waals surface area contributed by atoms with E-state index in [-0.39, 0.29) is 5.91 Å². The summed E-state index contributed by atoms with van der Waals surface area (Å²) in [5.41, 5.74) is 1.76. The number of hydrogen-bond acceptors (Lipinski definition) is 3. The lowest BCUT2D eigenvalue weighted by Crippen LogP contribution is -2.15. The smallest absolute Gasteiger partial charge is 0.411 e. The number of aromatic nitrogens is 1. The van der Waals surface area contributed by atoms with Crippen molar-refractivity contribution < 1.29 is 14.3 Å². The number of benzene rings is 1. The molecule has 2 aromatic rings. The Morgan fingerprint density at radius 1 is 1.14 bits per heavy atom. The van der Waals surface area contributed by atoms with Gasteiger partial charge in [0.15, 0.2) is 0 Å². The second-order valence-electron chi connectivity index (χ2n) is 4.30. The molecular formula is C14H14BrN3O3. The van der Waals surface area contributed by atoms with Gasteiger partial charge < -0.3 is 14.6 Å². The van der Waals surface area contributed by atoms with E-state index >= 15 is 0 Å². The van der Waals surface area contributed by atoms with Gasteiger partial charge in [-0.25, -0.2) is 4.79 Å². The minimum absolute atomic E-state index is 0.211. The van der Waals surface area contributed by atoms with Crippen LogP contribution in [-0.2, 0) is 11.8 Å². The van der Waals surface area contributed by atoms with E-state index in [0.717, 1.165) is 4.47 Å². The second-order valence-corrected chi connectivity index (χ2v) is 5.22. The van der Waals surface area contributed by atoms with Crippen LogP contribution >= 0.6 is 15.9 Å². The Balaban J connectivity index is 2.05. The molecule has 21 heavy (non-hydrogen) atoms. The number of nitrogens with zero attached hydrogens (tertiary/aromatic N) is 1. The van der Waals surface area contributed by atoms with Crippen LogP contribution in [0, 0.1) is 0 Å². The van der Waals surface area contributed by atoms with Crippen molar-refractivity contribution in [2.24, 2.45) is 7.05 Å². The number of halogens is 1. The topological polar surface area (TPSA) is 72.4 Å². The fraction of sp³-hybridized carbons (Fsp3) is 0.143. The fourth-order valence-corrected chi connectivity index (χ4v) is 2.27. The second kappa shape index (κ2) is 6.45. The Bertz CT molecular complexity index is 665. The van der Waals surface area contributed by atoms with Crippen LogP contribution in [0.3, 0.4) is 0 Å². The van der Waals surface area contributed by atoms with Crippen molar-refractivity contribution in [3.8, 4) is 0 Å². The molecular weight excluding hydrogens is 338 g/mol. The molecule has 0 aliphatic carbocycles. The average molecular weight is 352 g/mol. The summed E-state index contributed by atoms with van der Waals surface area (Å²) in [6.07, 6.45) is 1.26. The Labute approximate surface area is 130 Å². The third-order valence-corrected chi connectivity index (χ3v) is 3.21. The summed E-state index contributed by atoms with van der Waals surface area (Å²) in [6.45, 7) is 0. The maximum absolute atomic E-state index is 12.1. The molecule has 0 bridgehead atoms. The molecule has 1 aromatic heterocycles. The molecule has 2 N–H and O–H groups in total. The van der Waals surface area contributed by atoms with E-state index in [9.17, 15) is 9.59 Å². The van der Waals surface area contributed by atoms with Gasteiger partial charge in [-0.3, -0.25) is 10.1 Å². The first kappa shape index (κ1) is 15.1. The predicted molar refractivity (Wildman–Crippen MR) is 83.5 cm³/mol. The lowest BCUT2D eigenvalue weighted by Gasteiger charge is -2.07. The molecule has 1 aromatic carbocycles. The van der Waals surface area contributed by atoms with E-state index in [4.69, 9.17) is 0 Å². The van der Waals surface area contributed by atoms with Crippen LogP contribution in [0.1, 0.15) is 10.5 Å². The maximum Gasteiger partial charge on any atom is 0.411 e. The predicted octanol–water partition coefficient (Wildman–Crippen LogP) is 3.22. The van der Waals surface area contributed by atoms with E-state index in [1.54, 1.807) is 48.1 Å². The summed E-state index contributed by atoms with van der Waals surface area (Å²) in [4.78, 5) is 23.2.